The van der Waals surface area contributed by atoms with Crippen LogP contribution >= 0.6 is 0 Å². The maximum Gasteiger partial charge on any atom is 0.0205 e. The van der Waals surface area contributed by atoms with Crippen molar-refractivity contribution in [1.29, 1.82) is 0 Å². The molecule has 2 aliphatic carbocycles. The summed E-state index contributed by atoms with van der Waals surface area (Å²) < 4.78 is 0. The number of benzene rings is 1. The van der Waals surface area contributed by atoms with Gasteiger partial charge in [0, 0.05) is 5.41 Å². The molecule has 3 rings (SSSR count). The fraction of sp³-hybridized carbons (Fsp3) is 0.444. The van der Waals surface area contributed by atoms with Crippen LogP contribution in [-0.4, -0.2) is 0 Å². The fourth-order valence-electron chi connectivity index (χ4n) is 3.72. The van der Waals surface area contributed by atoms with E-state index in [9.17, 15) is 0 Å². The van der Waals surface area contributed by atoms with Crippen molar-refractivity contribution in [3.63, 3.8) is 0 Å². The topological polar surface area (TPSA) is 0 Å². The van der Waals surface area contributed by atoms with Gasteiger partial charge in [0.1, 0.15) is 0 Å². The number of hydrogen-bond donors (Lipinski definition) is 0. The highest BCUT2D eigenvalue weighted by Crippen LogP contribution is 2.51. The van der Waals surface area contributed by atoms with Crippen LogP contribution in [0.5, 0.6) is 0 Å². The molecule has 0 nitrogen and oxygen atoms in total. The summed E-state index contributed by atoms with van der Waals surface area (Å²) >= 11 is 0. The zero-order valence-corrected chi connectivity index (χ0v) is 11.3. The van der Waals surface area contributed by atoms with Crippen molar-refractivity contribution in [3.8, 4) is 0 Å². The third kappa shape index (κ3) is 1.75. The van der Waals surface area contributed by atoms with Gasteiger partial charge >= 0.3 is 0 Å². The molecule has 0 saturated heterocycles. The Bertz CT molecular complexity index is 478. The predicted molar refractivity (Wildman–Crippen MR) is 77.7 cm³/mol. The molecule has 0 fully saturated rings. The maximum atomic E-state index is 2.41. The normalized spacial score (nSPS) is 25.8. The van der Waals surface area contributed by atoms with E-state index in [1.807, 2.05) is 0 Å². The van der Waals surface area contributed by atoms with Gasteiger partial charge in [-0.2, -0.15) is 0 Å². The quantitative estimate of drug-likeness (QED) is 0.679. The van der Waals surface area contributed by atoms with Crippen molar-refractivity contribution in [2.24, 2.45) is 0 Å². The van der Waals surface area contributed by atoms with Gasteiger partial charge in [-0.05, 0) is 36.8 Å². The van der Waals surface area contributed by atoms with Crippen molar-refractivity contribution in [3.05, 3.63) is 59.2 Å². The van der Waals surface area contributed by atoms with Crippen LogP contribution in [0, 0.1) is 0 Å². The van der Waals surface area contributed by atoms with Gasteiger partial charge in [-0.1, -0.05) is 67.8 Å². The molecule has 1 aromatic rings. The molecule has 0 aliphatic heterocycles. The van der Waals surface area contributed by atoms with Crippen LogP contribution in [0.15, 0.2) is 53.6 Å². The molecule has 0 amide bonds. The van der Waals surface area contributed by atoms with Crippen molar-refractivity contribution < 1.29 is 0 Å². The molecule has 0 heteroatoms. The van der Waals surface area contributed by atoms with Crippen LogP contribution in [0.2, 0.25) is 0 Å². The first-order valence-corrected chi connectivity index (χ1v) is 7.31. The summed E-state index contributed by atoms with van der Waals surface area (Å²) in [7, 11) is 0. The van der Waals surface area contributed by atoms with Crippen LogP contribution < -0.4 is 0 Å². The minimum Gasteiger partial charge on any atom is -0.0801 e. The summed E-state index contributed by atoms with van der Waals surface area (Å²) in [6, 6.07) is 11.2. The maximum absolute atomic E-state index is 2.41. The van der Waals surface area contributed by atoms with Crippen molar-refractivity contribution in [1.82, 2.24) is 0 Å². The third-order valence-corrected chi connectivity index (χ3v) is 4.68. The summed E-state index contributed by atoms with van der Waals surface area (Å²) in [4.78, 5) is 0. The highest BCUT2D eigenvalue weighted by Gasteiger charge is 2.41. The lowest BCUT2D eigenvalue weighted by molar-refractivity contribution is 0.445. The first-order valence-electron chi connectivity index (χ1n) is 7.31. The summed E-state index contributed by atoms with van der Waals surface area (Å²) in [5, 5.41) is 0. The second-order valence-corrected chi connectivity index (χ2v) is 5.68. The molecule has 0 spiro atoms. The van der Waals surface area contributed by atoms with Gasteiger partial charge in [-0.25, -0.2) is 0 Å². The molecule has 0 saturated carbocycles. The second kappa shape index (κ2) is 4.76. The standard InChI is InChI=1S/C18H22/c1-2-3-13-18(16-9-5-4-6-10-16)14-12-15-8-7-11-17(15)18/h4-7,9-11H,2-3,8,12-14H2,1H3. The molecule has 0 radical (unpaired) electrons. The Balaban J connectivity index is 2.03. The van der Waals surface area contributed by atoms with E-state index in [4.69, 9.17) is 0 Å². The summed E-state index contributed by atoms with van der Waals surface area (Å²) in [5.41, 5.74) is 5.23. The molecule has 1 atom stereocenters. The van der Waals surface area contributed by atoms with Gasteiger partial charge in [-0.15, -0.1) is 0 Å². The van der Waals surface area contributed by atoms with E-state index in [-0.39, 0.29) is 0 Å². The van der Waals surface area contributed by atoms with E-state index in [2.05, 4.69) is 49.4 Å². The zero-order chi connectivity index (χ0) is 12.4. The van der Waals surface area contributed by atoms with Gasteiger partial charge < -0.3 is 0 Å². The Morgan fingerprint density at radius 3 is 2.78 bits per heavy atom. The average molecular weight is 238 g/mol. The highest BCUT2D eigenvalue weighted by molar-refractivity contribution is 5.51. The van der Waals surface area contributed by atoms with Crippen LogP contribution in [0.3, 0.4) is 0 Å². The molecule has 0 N–H and O–H groups in total. The minimum absolute atomic E-state index is 0.333. The van der Waals surface area contributed by atoms with Gasteiger partial charge in [0.2, 0.25) is 0 Å². The van der Waals surface area contributed by atoms with Crippen LogP contribution in [-0.2, 0) is 5.41 Å². The van der Waals surface area contributed by atoms with E-state index >= 15 is 0 Å². The molecular weight excluding hydrogens is 216 g/mol. The van der Waals surface area contributed by atoms with Crippen molar-refractivity contribution in [2.75, 3.05) is 0 Å². The number of rotatable bonds is 4. The lowest BCUT2D eigenvalue weighted by Gasteiger charge is -2.32. The lowest BCUT2D eigenvalue weighted by atomic mass is 9.71. The average Bonchev–Trinajstić information content (AvgIpc) is 3.00. The number of hydrogen-bond acceptors (Lipinski definition) is 0. The van der Waals surface area contributed by atoms with Gasteiger partial charge in [-0.3, -0.25) is 0 Å². The van der Waals surface area contributed by atoms with Crippen LogP contribution in [0.4, 0.5) is 0 Å². The van der Waals surface area contributed by atoms with Crippen molar-refractivity contribution in [2.45, 2.75) is 50.9 Å². The predicted octanol–water partition coefficient (Wildman–Crippen LogP) is 5.16. The first-order chi connectivity index (χ1) is 8.87. The van der Waals surface area contributed by atoms with Gasteiger partial charge in [0.05, 0.1) is 0 Å². The van der Waals surface area contributed by atoms with E-state index in [1.54, 1.807) is 11.1 Å². The smallest absolute Gasteiger partial charge is 0.0205 e. The molecule has 0 heterocycles. The minimum atomic E-state index is 0.333. The van der Waals surface area contributed by atoms with Crippen molar-refractivity contribution >= 4 is 0 Å². The third-order valence-electron chi connectivity index (χ3n) is 4.68. The van der Waals surface area contributed by atoms with Gasteiger partial charge in [0.15, 0.2) is 0 Å². The SMILES string of the molecule is CCCCC1(c2ccccc2)CCC2=C1C=CC2. The number of unbranched alkanes of at least 4 members (excludes halogenated alkanes) is 1. The van der Waals surface area contributed by atoms with E-state index in [1.165, 1.54) is 44.1 Å². The molecule has 2 aliphatic rings. The molecule has 0 aromatic heterocycles. The summed E-state index contributed by atoms with van der Waals surface area (Å²) in [6.45, 7) is 2.30. The monoisotopic (exact) mass is 238 g/mol. The van der Waals surface area contributed by atoms with E-state index in [0.29, 0.717) is 5.41 Å². The first kappa shape index (κ1) is 11.8. The molecule has 0 bridgehead atoms. The van der Waals surface area contributed by atoms with E-state index in [0.717, 1.165) is 0 Å². The summed E-state index contributed by atoms with van der Waals surface area (Å²) in [5.74, 6) is 0. The van der Waals surface area contributed by atoms with Crippen LogP contribution in [0.1, 0.15) is 51.0 Å². The van der Waals surface area contributed by atoms with Crippen LogP contribution in [0.25, 0.3) is 0 Å². The fourth-order valence-corrected chi connectivity index (χ4v) is 3.72. The Kier molecular flexibility index (Phi) is 3.11. The zero-order valence-electron chi connectivity index (χ0n) is 11.3. The molecule has 18 heavy (non-hydrogen) atoms. The number of allylic oxidation sites excluding steroid dienone is 4. The second-order valence-electron chi connectivity index (χ2n) is 5.68. The summed E-state index contributed by atoms with van der Waals surface area (Å²) in [6.07, 6.45) is 12.5. The lowest BCUT2D eigenvalue weighted by Crippen LogP contribution is -2.25. The molecule has 94 valence electrons. The molecule has 1 aromatic carbocycles. The van der Waals surface area contributed by atoms with Gasteiger partial charge in [0.25, 0.3) is 0 Å². The molecule has 1 unspecified atom stereocenters. The highest BCUT2D eigenvalue weighted by atomic mass is 14.4. The molecular formula is C18H22. The Labute approximate surface area is 110 Å². The largest absolute Gasteiger partial charge is 0.0801 e. The Morgan fingerprint density at radius 2 is 2.00 bits per heavy atom. The Morgan fingerprint density at radius 1 is 1.17 bits per heavy atom. The Hall–Kier alpha value is -1.30. The van der Waals surface area contributed by atoms with E-state index < -0.39 is 0 Å².